The second-order valence-corrected chi connectivity index (χ2v) is 10.8. The standard InChI is InChI=1S/C26H37NO6S/c1-15(2)20-11-10-12-21(16(3)4)25(20)33-34(29,30)27-26(28)32-24-22(17(5)6)13-19(31-9)14-23(24)18(7)8/h10-18H,1-9H3,(H,27,28). The predicted octanol–water partition coefficient (Wildman–Crippen LogP) is 6.60. The molecular weight excluding hydrogens is 454 g/mol. The first-order chi connectivity index (χ1) is 15.8. The molecule has 0 spiro atoms. The number of para-hydroxylation sites is 1. The Balaban J connectivity index is 2.38. The van der Waals surface area contributed by atoms with Gasteiger partial charge in [-0.2, -0.15) is 13.1 Å². The monoisotopic (exact) mass is 491 g/mol. The van der Waals surface area contributed by atoms with Crippen molar-refractivity contribution < 1.29 is 26.9 Å². The molecule has 0 unspecified atom stereocenters. The minimum atomic E-state index is -4.49. The summed E-state index contributed by atoms with van der Waals surface area (Å²) >= 11 is 0. The average molecular weight is 492 g/mol. The van der Waals surface area contributed by atoms with E-state index < -0.39 is 16.4 Å². The van der Waals surface area contributed by atoms with Crippen LogP contribution in [0.2, 0.25) is 0 Å². The van der Waals surface area contributed by atoms with Crippen molar-refractivity contribution in [1.82, 2.24) is 4.72 Å². The molecule has 8 heteroatoms. The summed E-state index contributed by atoms with van der Waals surface area (Å²) in [6, 6.07) is 9.09. The van der Waals surface area contributed by atoms with Gasteiger partial charge in [-0.3, -0.25) is 0 Å². The van der Waals surface area contributed by atoms with E-state index in [0.717, 1.165) is 22.3 Å². The molecule has 2 aromatic rings. The van der Waals surface area contributed by atoms with Crippen molar-refractivity contribution in [2.24, 2.45) is 0 Å². The third-order valence-corrected chi connectivity index (χ3v) is 6.32. The molecule has 0 saturated carbocycles. The molecule has 1 amide bonds. The first-order valence-corrected chi connectivity index (χ1v) is 13.0. The van der Waals surface area contributed by atoms with Gasteiger partial charge in [0.05, 0.1) is 7.11 Å². The van der Waals surface area contributed by atoms with E-state index in [4.69, 9.17) is 13.7 Å². The highest BCUT2D eigenvalue weighted by Gasteiger charge is 2.26. The molecule has 34 heavy (non-hydrogen) atoms. The van der Waals surface area contributed by atoms with Gasteiger partial charge in [0.25, 0.3) is 0 Å². The van der Waals surface area contributed by atoms with Crippen molar-refractivity contribution >= 4 is 16.4 Å². The maximum absolute atomic E-state index is 12.8. The second kappa shape index (κ2) is 11.1. The topological polar surface area (TPSA) is 90.9 Å². The van der Waals surface area contributed by atoms with Gasteiger partial charge in [0.2, 0.25) is 0 Å². The van der Waals surface area contributed by atoms with Crippen molar-refractivity contribution in [2.45, 2.75) is 79.1 Å². The van der Waals surface area contributed by atoms with Crippen LogP contribution in [0.15, 0.2) is 30.3 Å². The van der Waals surface area contributed by atoms with Gasteiger partial charge in [0.1, 0.15) is 11.5 Å². The first-order valence-electron chi connectivity index (χ1n) is 11.6. The maximum atomic E-state index is 12.8. The summed E-state index contributed by atoms with van der Waals surface area (Å²) in [6.45, 7) is 15.6. The largest absolute Gasteiger partial charge is 0.497 e. The number of ether oxygens (including phenoxy) is 2. The number of carbonyl (C=O) groups excluding carboxylic acids is 1. The van der Waals surface area contributed by atoms with Gasteiger partial charge in [0.15, 0.2) is 5.75 Å². The highest BCUT2D eigenvalue weighted by Crippen LogP contribution is 2.39. The fourth-order valence-corrected chi connectivity index (χ4v) is 4.36. The second-order valence-electron chi connectivity index (χ2n) is 9.55. The molecule has 2 aromatic carbocycles. The lowest BCUT2D eigenvalue weighted by Gasteiger charge is -2.21. The molecule has 0 atom stereocenters. The number of hydrogen-bond acceptors (Lipinski definition) is 6. The number of benzene rings is 2. The van der Waals surface area contributed by atoms with Gasteiger partial charge in [-0.15, -0.1) is 0 Å². The highest BCUT2D eigenvalue weighted by molar-refractivity contribution is 7.85. The summed E-state index contributed by atoms with van der Waals surface area (Å²) in [4.78, 5) is 12.7. The molecule has 0 radical (unpaired) electrons. The quantitative estimate of drug-likeness (QED) is 0.425. The Morgan fingerprint density at radius 1 is 0.765 bits per heavy atom. The van der Waals surface area contributed by atoms with Crippen LogP contribution >= 0.6 is 0 Å². The van der Waals surface area contributed by atoms with Crippen molar-refractivity contribution in [3.05, 3.63) is 52.6 Å². The molecule has 1 N–H and O–H groups in total. The molecule has 7 nitrogen and oxygen atoms in total. The Bertz CT molecular complexity index is 1060. The van der Waals surface area contributed by atoms with Crippen LogP contribution in [-0.4, -0.2) is 21.6 Å². The lowest BCUT2D eigenvalue weighted by atomic mass is 9.93. The minimum absolute atomic E-state index is 0.00905. The number of carbonyl (C=O) groups is 1. The molecule has 0 fully saturated rings. The third-order valence-electron chi connectivity index (χ3n) is 5.52. The fourth-order valence-electron chi connectivity index (χ4n) is 3.66. The van der Waals surface area contributed by atoms with Gasteiger partial charge >= 0.3 is 16.4 Å². The number of rotatable bonds is 9. The molecule has 0 heterocycles. The van der Waals surface area contributed by atoms with Crippen molar-refractivity contribution in [3.63, 3.8) is 0 Å². The average Bonchev–Trinajstić information content (AvgIpc) is 2.72. The van der Waals surface area contributed by atoms with Crippen LogP contribution in [0.1, 0.15) is 101 Å². The minimum Gasteiger partial charge on any atom is -0.497 e. The van der Waals surface area contributed by atoms with E-state index in [2.05, 4.69) is 0 Å². The van der Waals surface area contributed by atoms with Gasteiger partial charge in [-0.05, 0) is 46.9 Å². The van der Waals surface area contributed by atoms with Gasteiger partial charge in [-0.25, -0.2) is 4.79 Å². The maximum Gasteiger partial charge on any atom is 0.429 e. The van der Waals surface area contributed by atoms with Gasteiger partial charge in [-0.1, -0.05) is 73.6 Å². The molecule has 0 aliphatic carbocycles. The van der Waals surface area contributed by atoms with E-state index in [1.807, 2.05) is 78.3 Å². The Labute approximate surface area is 204 Å². The van der Waals surface area contributed by atoms with Crippen LogP contribution in [-0.2, 0) is 10.3 Å². The van der Waals surface area contributed by atoms with E-state index in [1.165, 1.54) is 0 Å². The third kappa shape index (κ3) is 6.65. The molecule has 0 aliphatic heterocycles. The zero-order chi connectivity index (χ0) is 25.8. The first kappa shape index (κ1) is 27.5. The smallest absolute Gasteiger partial charge is 0.429 e. The molecule has 2 rings (SSSR count). The van der Waals surface area contributed by atoms with Crippen LogP contribution in [0.3, 0.4) is 0 Å². The summed E-state index contributed by atoms with van der Waals surface area (Å²) in [5.74, 6) is 1.27. The van der Waals surface area contributed by atoms with E-state index in [9.17, 15) is 13.2 Å². The lowest BCUT2D eigenvalue weighted by Crippen LogP contribution is -2.36. The van der Waals surface area contributed by atoms with E-state index >= 15 is 0 Å². The Morgan fingerprint density at radius 2 is 1.21 bits per heavy atom. The number of hydrogen-bond donors (Lipinski definition) is 1. The van der Waals surface area contributed by atoms with E-state index in [0.29, 0.717) is 11.5 Å². The van der Waals surface area contributed by atoms with Crippen LogP contribution in [0.4, 0.5) is 4.79 Å². The summed E-state index contributed by atoms with van der Waals surface area (Å²) in [7, 11) is -2.92. The van der Waals surface area contributed by atoms with E-state index in [1.54, 1.807) is 19.2 Å². The predicted molar refractivity (Wildman–Crippen MR) is 134 cm³/mol. The van der Waals surface area contributed by atoms with Crippen molar-refractivity contribution in [3.8, 4) is 17.2 Å². The lowest BCUT2D eigenvalue weighted by molar-refractivity contribution is 0.204. The molecule has 0 aliphatic rings. The number of nitrogens with one attached hydrogen (secondary N) is 1. The Hall–Kier alpha value is -2.74. The van der Waals surface area contributed by atoms with Gasteiger partial charge in [0, 0.05) is 11.1 Å². The molecule has 0 saturated heterocycles. The summed E-state index contributed by atoms with van der Waals surface area (Å²) < 4.78 is 44.0. The van der Waals surface area contributed by atoms with Crippen LogP contribution < -0.4 is 18.4 Å². The Kier molecular flexibility index (Phi) is 9.00. The van der Waals surface area contributed by atoms with Crippen molar-refractivity contribution in [2.75, 3.05) is 7.11 Å². The fraction of sp³-hybridized carbons (Fsp3) is 0.500. The van der Waals surface area contributed by atoms with Gasteiger partial charge < -0.3 is 13.7 Å². The van der Waals surface area contributed by atoms with Crippen molar-refractivity contribution in [1.29, 1.82) is 0 Å². The molecular formula is C26H37NO6S. The van der Waals surface area contributed by atoms with Crippen LogP contribution in [0, 0.1) is 0 Å². The normalized spacial score (nSPS) is 11.9. The van der Waals surface area contributed by atoms with Crippen LogP contribution in [0.25, 0.3) is 0 Å². The summed E-state index contributed by atoms with van der Waals surface area (Å²) in [6.07, 6.45) is -1.14. The summed E-state index contributed by atoms with van der Waals surface area (Å²) in [5, 5.41) is 0. The number of amides is 1. The SMILES string of the molecule is COc1cc(C(C)C)c(OC(=O)NS(=O)(=O)Oc2c(C(C)C)cccc2C(C)C)c(C(C)C)c1. The molecule has 0 bridgehead atoms. The molecule has 188 valence electrons. The Morgan fingerprint density at radius 3 is 1.59 bits per heavy atom. The zero-order valence-electron chi connectivity index (χ0n) is 21.6. The highest BCUT2D eigenvalue weighted by atomic mass is 32.2. The summed E-state index contributed by atoms with van der Waals surface area (Å²) in [5.41, 5.74) is 2.96. The zero-order valence-corrected chi connectivity index (χ0v) is 22.4. The van der Waals surface area contributed by atoms with E-state index in [-0.39, 0.29) is 29.4 Å². The number of methoxy groups -OCH3 is 1. The van der Waals surface area contributed by atoms with Crippen LogP contribution in [0.5, 0.6) is 17.2 Å². The molecule has 0 aromatic heterocycles.